The minimum atomic E-state index is -0.0728. The summed E-state index contributed by atoms with van der Waals surface area (Å²) in [5, 5.41) is 2.30. The second-order valence-corrected chi connectivity index (χ2v) is 7.64. The number of benzene rings is 2. The second kappa shape index (κ2) is 8.05. The van der Waals surface area contributed by atoms with Gasteiger partial charge in [-0.15, -0.1) is 0 Å². The third-order valence-corrected chi connectivity index (χ3v) is 5.23. The van der Waals surface area contributed by atoms with E-state index < -0.39 is 0 Å². The van der Waals surface area contributed by atoms with Crippen LogP contribution in [0, 0.1) is 0 Å². The number of hydrogen-bond acceptors (Lipinski definition) is 4. The standard InChI is InChI=1S/C21H20BrN3O2/c22-17-12-23-21(24-13-17)27-18-8-4-10-25(14-18)20(26)11-16-7-3-6-15-5-1-2-9-19(15)16/h1-3,5-7,9,12-13,18H,4,8,10-11,14H2. The highest BCUT2D eigenvalue weighted by molar-refractivity contribution is 9.10. The number of carbonyl (C=O) groups is 1. The lowest BCUT2D eigenvalue weighted by molar-refractivity contribution is -0.133. The molecule has 3 aromatic rings. The molecule has 1 atom stereocenters. The van der Waals surface area contributed by atoms with Crippen molar-refractivity contribution in [3.05, 3.63) is 64.9 Å². The van der Waals surface area contributed by atoms with Crippen molar-refractivity contribution < 1.29 is 9.53 Å². The molecule has 2 heterocycles. The van der Waals surface area contributed by atoms with Crippen molar-refractivity contribution in [2.24, 2.45) is 0 Å². The first-order chi connectivity index (χ1) is 13.2. The summed E-state index contributed by atoms with van der Waals surface area (Å²) in [6, 6.07) is 14.7. The molecule has 4 rings (SSSR count). The number of rotatable bonds is 4. The molecule has 0 spiro atoms. The Hall–Kier alpha value is -2.47. The van der Waals surface area contributed by atoms with Crippen LogP contribution >= 0.6 is 15.9 Å². The third-order valence-electron chi connectivity index (χ3n) is 4.82. The first-order valence-corrected chi connectivity index (χ1v) is 9.87. The number of likely N-dealkylation sites (tertiary alicyclic amines) is 1. The molecule has 0 saturated carbocycles. The molecule has 0 bridgehead atoms. The maximum absolute atomic E-state index is 12.9. The van der Waals surface area contributed by atoms with Crippen LogP contribution in [0.15, 0.2) is 59.3 Å². The van der Waals surface area contributed by atoms with Gasteiger partial charge in [0.2, 0.25) is 5.91 Å². The van der Waals surface area contributed by atoms with Gasteiger partial charge in [0.15, 0.2) is 0 Å². The minimum absolute atomic E-state index is 0.0728. The van der Waals surface area contributed by atoms with Gasteiger partial charge < -0.3 is 9.64 Å². The normalized spacial score (nSPS) is 17.1. The average molecular weight is 426 g/mol. The predicted octanol–water partition coefficient (Wildman–Crippen LogP) is 4.00. The molecule has 27 heavy (non-hydrogen) atoms. The first-order valence-electron chi connectivity index (χ1n) is 9.07. The number of aromatic nitrogens is 2. The van der Waals surface area contributed by atoms with E-state index in [0.717, 1.165) is 40.2 Å². The number of carbonyl (C=O) groups excluding carboxylic acids is 1. The Kier molecular flexibility index (Phi) is 5.34. The first kappa shape index (κ1) is 17.9. The van der Waals surface area contributed by atoms with Crippen molar-refractivity contribution in [2.75, 3.05) is 13.1 Å². The molecular weight excluding hydrogens is 406 g/mol. The van der Waals surface area contributed by atoms with Gasteiger partial charge in [-0.3, -0.25) is 4.79 Å². The molecule has 138 valence electrons. The maximum Gasteiger partial charge on any atom is 0.316 e. The van der Waals surface area contributed by atoms with Gasteiger partial charge in [0, 0.05) is 18.9 Å². The van der Waals surface area contributed by atoms with Crippen LogP contribution in [0.4, 0.5) is 0 Å². The number of piperidine rings is 1. The summed E-state index contributed by atoms with van der Waals surface area (Å²) in [7, 11) is 0. The van der Waals surface area contributed by atoms with E-state index in [2.05, 4.69) is 44.1 Å². The Bertz CT molecular complexity index is 940. The molecule has 1 fully saturated rings. The Labute approximate surface area is 166 Å². The molecule has 6 heteroatoms. The highest BCUT2D eigenvalue weighted by Crippen LogP contribution is 2.21. The Morgan fingerprint density at radius 3 is 2.78 bits per heavy atom. The van der Waals surface area contributed by atoms with Crippen molar-refractivity contribution >= 4 is 32.6 Å². The van der Waals surface area contributed by atoms with E-state index in [1.165, 1.54) is 0 Å². The molecule has 2 aromatic carbocycles. The molecule has 5 nitrogen and oxygen atoms in total. The topological polar surface area (TPSA) is 55.3 Å². The molecular formula is C21H20BrN3O2. The zero-order chi connectivity index (χ0) is 18.6. The number of halogens is 1. The van der Waals surface area contributed by atoms with Crippen molar-refractivity contribution in [3.8, 4) is 6.01 Å². The van der Waals surface area contributed by atoms with E-state index in [9.17, 15) is 4.79 Å². The number of nitrogens with zero attached hydrogens (tertiary/aromatic N) is 3. The zero-order valence-electron chi connectivity index (χ0n) is 14.8. The lowest BCUT2D eigenvalue weighted by Gasteiger charge is -2.32. The van der Waals surface area contributed by atoms with E-state index in [1.807, 2.05) is 29.2 Å². The lowest BCUT2D eigenvalue weighted by atomic mass is 10.0. The van der Waals surface area contributed by atoms with Crippen molar-refractivity contribution in [1.29, 1.82) is 0 Å². The van der Waals surface area contributed by atoms with Gasteiger partial charge in [0.05, 0.1) is 17.4 Å². The molecule has 0 N–H and O–H groups in total. The van der Waals surface area contributed by atoms with Crippen LogP contribution in [0.3, 0.4) is 0 Å². The second-order valence-electron chi connectivity index (χ2n) is 6.72. The van der Waals surface area contributed by atoms with Crippen LogP contribution in [0.25, 0.3) is 10.8 Å². The summed E-state index contributed by atoms with van der Waals surface area (Å²) in [6.07, 6.45) is 5.47. The third kappa shape index (κ3) is 4.27. The fraction of sp³-hybridized carbons (Fsp3) is 0.286. The van der Waals surface area contributed by atoms with Crippen molar-refractivity contribution in [2.45, 2.75) is 25.4 Å². The Balaban J connectivity index is 1.43. The molecule has 1 aliphatic rings. The van der Waals surface area contributed by atoms with Gasteiger partial charge in [0.1, 0.15) is 6.10 Å². The lowest BCUT2D eigenvalue weighted by Crippen LogP contribution is -2.45. The predicted molar refractivity (Wildman–Crippen MR) is 108 cm³/mol. The highest BCUT2D eigenvalue weighted by Gasteiger charge is 2.25. The van der Waals surface area contributed by atoms with Crippen LogP contribution in [-0.4, -0.2) is 40.0 Å². The Morgan fingerprint density at radius 2 is 1.93 bits per heavy atom. The summed E-state index contributed by atoms with van der Waals surface area (Å²) >= 11 is 3.31. The average Bonchev–Trinajstić information content (AvgIpc) is 2.70. The number of ether oxygens (including phenoxy) is 1. The molecule has 0 radical (unpaired) electrons. The summed E-state index contributed by atoms with van der Waals surface area (Å²) < 4.78 is 6.68. The van der Waals surface area contributed by atoms with Gasteiger partial charge in [-0.1, -0.05) is 42.5 Å². The molecule has 1 saturated heterocycles. The number of fused-ring (bicyclic) bond motifs is 1. The van der Waals surface area contributed by atoms with Gasteiger partial charge in [0.25, 0.3) is 0 Å². The smallest absolute Gasteiger partial charge is 0.316 e. The van der Waals surface area contributed by atoms with E-state index in [0.29, 0.717) is 19.0 Å². The van der Waals surface area contributed by atoms with Crippen molar-refractivity contribution in [3.63, 3.8) is 0 Å². The largest absolute Gasteiger partial charge is 0.458 e. The number of amides is 1. The monoisotopic (exact) mass is 425 g/mol. The fourth-order valence-electron chi connectivity index (χ4n) is 3.49. The van der Waals surface area contributed by atoms with Crippen LogP contribution in [0.5, 0.6) is 6.01 Å². The van der Waals surface area contributed by atoms with E-state index in [-0.39, 0.29) is 12.0 Å². The fourth-order valence-corrected chi connectivity index (χ4v) is 3.70. The van der Waals surface area contributed by atoms with Gasteiger partial charge in [-0.05, 0) is 45.1 Å². The zero-order valence-corrected chi connectivity index (χ0v) is 16.4. The highest BCUT2D eigenvalue weighted by atomic mass is 79.9. The van der Waals surface area contributed by atoms with Gasteiger partial charge >= 0.3 is 6.01 Å². The molecule has 1 aromatic heterocycles. The molecule has 1 unspecified atom stereocenters. The Morgan fingerprint density at radius 1 is 1.15 bits per heavy atom. The van der Waals surface area contributed by atoms with Crippen LogP contribution in [0.2, 0.25) is 0 Å². The number of hydrogen-bond donors (Lipinski definition) is 0. The quantitative estimate of drug-likeness (QED) is 0.633. The minimum Gasteiger partial charge on any atom is -0.458 e. The maximum atomic E-state index is 12.9. The van der Waals surface area contributed by atoms with E-state index in [1.54, 1.807) is 12.4 Å². The van der Waals surface area contributed by atoms with E-state index >= 15 is 0 Å². The van der Waals surface area contributed by atoms with Crippen LogP contribution < -0.4 is 4.74 Å². The molecule has 0 aliphatic carbocycles. The van der Waals surface area contributed by atoms with Crippen molar-refractivity contribution in [1.82, 2.24) is 14.9 Å². The van der Waals surface area contributed by atoms with Crippen LogP contribution in [0.1, 0.15) is 18.4 Å². The molecule has 1 aliphatic heterocycles. The van der Waals surface area contributed by atoms with Gasteiger partial charge in [-0.2, -0.15) is 0 Å². The van der Waals surface area contributed by atoms with Gasteiger partial charge in [-0.25, -0.2) is 9.97 Å². The summed E-state index contributed by atoms with van der Waals surface area (Å²) in [4.78, 5) is 23.1. The SMILES string of the molecule is O=C(Cc1cccc2ccccc12)N1CCCC(Oc2ncc(Br)cn2)C1. The van der Waals surface area contributed by atoms with E-state index in [4.69, 9.17) is 4.74 Å². The summed E-state index contributed by atoms with van der Waals surface area (Å²) in [6.45, 7) is 1.34. The van der Waals surface area contributed by atoms with Crippen LogP contribution in [-0.2, 0) is 11.2 Å². The molecule has 1 amide bonds. The summed E-state index contributed by atoms with van der Waals surface area (Å²) in [5.74, 6) is 0.136. The summed E-state index contributed by atoms with van der Waals surface area (Å²) in [5.41, 5.74) is 1.07.